The van der Waals surface area contributed by atoms with Crippen LogP contribution in [0.15, 0.2) is 71.1 Å². The van der Waals surface area contributed by atoms with Crippen molar-refractivity contribution in [2.45, 2.75) is 18.8 Å². The number of hydrogen-bond acceptors (Lipinski definition) is 5. The molecular weight excluding hydrogens is 414 g/mol. The predicted octanol–water partition coefficient (Wildman–Crippen LogP) is 4.59. The molecule has 0 bridgehead atoms. The van der Waals surface area contributed by atoms with E-state index < -0.39 is 0 Å². The van der Waals surface area contributed by atoms with Gasteiger partial charge in [0.1, 0.15) is 5.37 Å². The molecule has 3 aromatic rings. The molecule has 1 fully saturated rings. The van der Waals surface area contributed by atoms with Crippen LogP contribution in [0.25, 0.3) is 0 Å². The van der Waals surface area contributed by atoms with Crippen molar-refractivity contribution in [2.24, 2.45) is 5.10 Å². The molecule has 2 amide bonds. The Bertz CT molecular complexity index is 1060. The Labute approximate surface area is 183 Å². The van der Waals surface area contributed by atoms with Gasteiger partial charge in [-0.3, -0.25) is 9.59 Å². The number of aryl methyl sites for hydroxylation is 1. The number of amides is 2. The molecule has 0 saturated carbocycles. The van der Waals surface area contributed by atoms with Crippen LogP contribution < -0.4 is 5.43 Å². The Hall–Kier alpha value is -2.90. The van der Waals surface area contributed by atoms with Crippen molar-refractivity contribution in [3.8, 4) is 0 Å². The minimum absolute atomic E-state index is 0.0466. The third-order valence-electron chi connectivity index (χ3n) is 4.87. The number of hydrazone groups is 1. The van der Waals surface area contributed by atoms with Crippen LogP contribution in [0.1, 0.15) is 37.3 Å². The predicted molar refractivity (Wildman–Crippen MR) is 123 cm³/mol. The average Bonchev–Trinajstić information content (AvgIpc) is 3.34. The highest BCUT2D eigenvalue weighted by molar-refractivity contribution is 8.00. The maximum absolute atomic E-state index is 12.4. The first-order chi connectivity index (χ1) is 14.6. The highest BCUT2D eigenvalue weighted by atomic mass is 32.2. The van der Waals surface area contributed by atoms with Gasteiger partial charge < -0.3 is 4.90 Å². The molecular formula is C23H21N3O2S2. The van der Waals surface area contributed by atoms with Crippen LogP contribution >= 0.6 is 23.1 Å². The van der Waals surface area contributed by atoms with E-state index in [-0.39, 0.29) is 17.2 Å². The molecule has 1 aliphatic heterocycles. The van der Waals surface area contributed by atoms with Gasteiger partial charge >= 0.3 is 0 Å². The molecule has 152 valence electrons. The van der Waals surface area contributed by atoms with Crippen molar-refractivity contribution < 1.29 is 9.59 Å². The number of thioether (sulfide) groups is 1. The molecule has 2 heterocycles. The SMILES string of the molecule is Cc1ccsc1/C=N\NC(=O)c1ccc([C@H]2SCC(=O)N2Cc2ccccc2)cc1. The standard InChI is InChI=1S/C23H21N3O2S2/c1-16-11-12-29-20(16)13-24-25-22(28)18-7-9-19(10-8-18)23-26(21(27)15-30-23)14-17-5-3-2-4-6-17/h2-13,23H,14-15H2,1H3,(H,25,28)/b24-13-/t23-/m1/s1. The van der Waals surface area contributed by atoms with Gasteiger partial charge in [0.05, 0.1) is 12.0 Å². The Morgan fingerprint density at radius 3 is 2.63 bits per heavy atom. The second-order valence-corrected chi connectivity index (χ2v) is 8.98. The highest BCUT2D eigenvalue weighted by Gasteiger charge is 2.32. The first kappa shape index (κ1) is 20.4. The first-order valence-corrected chi connectivity index (χ1v) is 11.5. The van der Waals surface area contributed by atoms with Crippen LogP contribution in [-0.4, -0.2) is 28.7 Å². The Balaban J connectivity index is 1.42. The number of carbonyl (C=O) groups is 2. The van der Waals surface area contributed by atoms with E-state index >= 15 is 0 Å². The lowest BCUT2D eigenvalue weighted by Crippen LogP contribution is -2.27. The summed E-state index contributed by atoms with van der Waals surface area (Å²) in [6, 6.07) is 19.4. The normalized spacial score (nSPS) is 16.4. The molecule has 0 aliphatic carbocycles. The van der Waals surface area contributed by atoms with E-state index in [9.17, 15) is 9.59 Å². The maximum atomic E-state index is 12.4. The van der Waals surface area contributed by atoms with Gasteiger partial charge in [0, 0.05) is 17.0 Å². The largest absolute Gasteiger partial charge is 0.322 e. The molecule has 0 spiro atoms. The highest BCUT2D eigenvalue weighted by Crippen LogP contribution is 2.39. The summed E-state index contributed by atoms with van der Waals surface area (Å²) < 4.78 is 0. The van der Waals surface area contributed by atoms with Crippen molar-refractivity contribution in [2.75, 3.05) is 5.75 Å². The van der Waals surface area contributed by atoms with Crippen LogP contribution in [-0.2, 0) is 11.3 Å². The van der Waals surface area contributed by atoms with Gasteiger partial charge in [-0.1, -0.05) is 42.5 Å². The van der Waals surface area contributed by atoms with E-state index in [1.807, 2.05) is 65.7 Å². The van der Waals surface area contributed by atoms with Gasteiger partial charge in [-0.15, -0.1) is 23.1 Å². The summed E-state index contributed by atoms with van der Waals surface area (Å²) in [6.07, 6.45) is 1.66. The Morgan fingerprint density at radius 1 is 1.17 bits per heavy atom. The van der Waals surface area contributed by atoms with Crippen LogP contribution in [0.4, 0.5) is 0 Å². The quantitative estimate of drug-likeness (QED) is 0.455. The summed E-state index contributed by atoms with van der Waals surface area (Å²) >= 11 is 3.19. The average molecular weight is 436 g/mol. The van der Waals surface area contributed by atoms with E-state index in [0.717, 1.165) is 21.6 Å². The molecule has 1 atom stereocenters. The first-order valence-electron chi connectivity index (χ1n) is 9.54. The van der Waals surface area contributed by atoms with Crippen LogP contribution in [0.3, 0.4) is 0 Å². The van der Waals surface area contributed by atoms with Crippen molar-refractivity contribution in [3.63, 3.8) is 0 Å². The van der Waals surface area contributed by atoms with Gasteiger partial charge in [-0.25, -0.2) is 5.43 Å². The summed E-state index contributed by atoms with van der Waals surface area (Å²) in [5, 5.41) is 5.99. The second-order valence-electron chi connectivity index (χ2n) is 6.96. The van der Waals surface area contributed by atoms with Crippen LogP contribution in [0.2, 0.25) is 0 Å². The van der Waals surface area contributed by atoms with Crippen molar-refractivity contribution >= 4 is 41.1 Å². The smallest absolute Gasteiger partial charge is 0.271 e. The number of benzene rings is 2. The molecule has 0 radical (unpaired) electrons. The summed E-state index contributed by atoms with van der Waals surface area (Å²) in [5.41, 5.74) is 6.35. The summed E-state index contributed by atoms with van der Waals surface area (Å²) in [4.78, 5) is 27.7. The lowest BCUT2D eigenvalue weighted by molar-refractivity contribution is -0.128. The molecule has 1 N–H and O–H groups in total. The number of thiophene rings is 1. The van der Waals surface area contributed by atoms with E-state index in [4.69, 9.17) is 0 Å². The van der Waals surface area contributed by atoms with Gasteiger partial charge in [0.15, 0.2) is 0 Å². The van der Waals surface area contributed by atoms with Crippen LogP contribution in [0.5, 0.6) is 0 Å². The van der Waals surface area contributed by atoms with Crippen molar-refractivity contribution in [1.82, 2.24) is 10.3 Å². The topological polar surface area (TPSA) is 61.8 Å². The molecule has 5 nitrogen and oxygen atoms in total. The molecule has 0 unspecified atom stereocenters. The minimum atomic E-state index is -0.261. The zero-order chi connectivity index (χ0) is 20.9. The summed E-state index contributed by atoms with van der Waals surface area (Å²) in [7, 11) is 0. The molecule has 1 saturated heterocycles. The zero-order valence-electron chi connectivity index (χ0n) is 16.4. The lowest BCUT2D eigenvalue weighted by atomic mass is 10.1. The van der Waals surface area contributed by atoms with Gasteiger partial charge in [0.25, 0.3) is 5.91 Å². The second kappa shape index (κ2) is 9.28. The third-order valence-corrected chi connectivity index (χ3v) is 7.08. The van der Waals surface area contributed by atoms with Crippen molar-refractivity contribution in [1.29, 1.82) is 0 Å². The third kappa shape index (κ3) is 4.63. The maximum Gasteiger partial charge on any atom is 0.271 e. The number of hydrogen-bond donors (Lipinski definition) is 1. The molecule has 1 aliphatic rings. The fourth-order valence-electron chi connectivity index (χ4n) is 3.21. The molecule has 4 rings (SSSR count). The zero-order valence-corrected chi connectivity index (χ0v) is 18.1. The summed E-state index contributed by atoms with van der Waals surface area (Å²) in [6.45, 7) is 2.59. The van der Waals surface area contributed by atoms with E-state index in [2.05, 4.69) is 10.5 Å². The lowest BCUT2D eigenvalue weighted by Gasteiger charge is -2.24. The van der Waals surface area contributed by atoms with E-state index in [1.54, 1.807) is 41.4 Å². The number of carbonyl (C=O) groups excluding carboxylic acids is 2. The molecule has 1 aromatic heterocycles. The number of rotatable bonds is 6. The van der Waals surface area contributed by atoms with Crippen molar-refractivity contribution in [3.05, 3.63) is 93.2 Å². The fourth-order valence-corrected chi connectivity index (χ4v) is 5.19. The Kier molecular flexibility index (Phi) is 6.30. The van der Waals surface area contributed by atoms with Gasteiger partial charge in [-0.2, -0.15) is 5.10 Å². The van der Waals surface area contributed by atoms with Crippen LogP contribution in [0, 0.1) is 6.92 Å². The number of nitrogens with one attached hydrogen (secondary N) is 1. The molecule has 2 aromatic carbocycles. The van der Waals surface area contributed by atoms with E-state index in [1.165, 1.54) is 0 Å². The minimum Gasteiger partial charge on any atom is -0.322 e. The molecule has 30 heavy (non-hydrogen) atoms. The number of nitrogens with zero attached hydrogens (tertiary/aromatic N) is 2. The Morgan fingerprint density at radius 2 is 1.93 bits per heavy atom. The molecule has 7 heteroatoms. The van der Waals surface area contributed by atoms with Gasteiger partial charge in [-0.05, 0) is 47.2 Å². The fraction of sp³-hybridized carbons (Fsp3) is 0.174. The monoisotopic (exact) mass is 435 g/mol. The van der Waals surface area contributed by atoms with Gasteiger partial charge in [0.2, 0.25) is 5.91 Å². The van der Waals surface area contributed by atoms with E-state index in [0.29, 0.717) is 17.9 Å². The summed E-state index contributed by atoms with van der Waals surface area (Å²) in [5.74, 6) is 0.341.